The van der Waals surface area contributed by atoms with E-state index in [4.69, 9.17) is 9.94 Å². The Morgan fingerprint density at radius 2 is 1.72 bits per heavy atom. The number of fused-ring (bicyclic) bond motifs is 1. The monoisotopic (exact) mass is 527 g/mol. The lowest BCUT2D eigenvalue weighted by molar-refractivity contribution is -0.135. The SMILES string of the molecule is O=C(NO)c1ccc(C=C(CNC2CCN(C(=O)C3CCCCC3)C2)COc2cccc3ccccc23)cc1. The van der Waals surface area contributed by atoms with Crippen LogP contribution in [0.3, 0.4) is 0 Å². The number of carbonyl (C=O) groups excluding carboxylic acids is 2. The Kier molecular flexibility index (Phi) is 8.91. The highest BCUT2D eigenvalue weighted by Crippen LogP contribution is 2.28. The number of carbonyl (C=O) groups is 2. The molecular formula is C32H37N3O4. The average Bonchev–Trinajstić information content (AvgIpc) is 3.47. The van der Waals surface area contributed by atoms with Crippen LogP contribution in [0.25, 0.3) is 16.8 Å². The third-order valence-corrected chi connectivity index (χ3v) is 7.88. The van der Waals surface area contributed by atoms with Crippen molar-refractivity contribution < 1.29 is 19.5 Å². The lowest BCUT2D eigenvalue weighted by atomic mass is 9.88. The molecule has 204 valence electrons. The van der Waals surface area contributed by atoms with Gasteiger partial charge in [0.15, 0.2) is 0 Å². The first-order valence-electron chi connectivity index (χ1n) is 14.0. The predicted octanol–water partition coefficient (Wildman–Crippen LogP) is 5.19. The van der Waals surface area contributed by atoms with E-state index < -0.39 is 5.91 Å². The predicted molar refractivity (Wildman–Crippen MR) is 153 cm³/mol. The van der Waals surface area contributed by atoms with E-state index in [0.29, 0.717) is 24.6 Å². The summed E-state index contributed by atoms with van der Waals surface area (Å²) < 4.78 is 6.32. The number of nitrogens with zero attached hydrogens (tertiary/aromatic N) is 1. The Bertz CT molecular complexity index is 1310. The zero-order valence-electron chi connectivity index (χ0n) is 22.3. The topological polar surface area (TPSA) is 90.9 Å². The second-order valence-electron chi connectivity index (χ2n) is 10.6. The number of nitrogens with one attached hydrogen (secondary N) is 2. The minimum absolute atomic E-state index is 0.206. The van der Waals surface area contributed by atoms with Crippen LogP contribution in [0.2, 0.25) is 0 Å². The molecule has 2 fully saturated rings. The molecule has 1 aliphatic heterocycles. The van der Waals surface area contributed by atoms with Crippen molar-refractivity contribution in [1.29, 1.82) is 0 Å². The Morgan fingerprint density at radius 1 is 0.949 bits per heavy atom. The molecule has 1 saturated carbocycles. The molecule has 1 saturated heterocycles. The summed E-state index contributed by atoms with van der Waals surface area (Å²) in [6, 6.07) is 21.5. The van der Waals surface area contributed by atoms with Crippen molar-refractivity contribution in [2.45, 2.75) is 44.6 Å². The second kappa shape index (κ2) is 12.9. The summed E-state index contributed by atoms with van der Waals surface area (Å²) in [5.41, 5.74) is 4.04. The quantitative estimate of drug-likeness (QED) is 0.263. The van der Waals surface area contributed by atoms with Crippen molar-refractivity contribution in [3.05, 3.63) is 83.4 Å². The summed E-state index contributed by atoms with van der Waals surface area (Å²) in [7, 11) is 0. The van der Waals surface area contributed by atoms with Gasteiger partial charge in [-0.15, -0.1) is 0 Å². The number of hydrogen-bond donors (Lipinski definition) is 3. The van der Waals surface area contributed by atoms with Crippen LogP contribution >= 0.6 is 0 Å². The molecule has 1 aliphatic carbocycles. The van der Waals surface area contributed by atoms with Gasteiger partial charge in [0.2, 0.25) is 5.91 Å². The Morgan fingerprint density at radius 3 is 2.51 bits per heavy atom. The normalized spacial score (nSPS) is 18.3. The number of hydroxylamine groups is 1. The first-order chi connectivity index (χ1) is 19.1. The molecule has 3 N–H and O–H groups in total. The van der Waals surface area contributed by atoms with Crippen molar-refractivity contribution >= 4 is 28.7 Å². The van der Waals surface area contributed by atoms with Crippen molar-refractivity contribution in [2.24, 2.45) is 5.92 Å². The van der Waals surface area contributed by atoms with Gasteiger partial charge in [0.25, 0.3) is 5.91 Å². The lowest BCUT2D eigenvalue weighted by Gasteiger charge is -2.26. The summed E-state index contributed by atoms with van der Waals surface area (Å²) in [5, 5.41) is 14.8. The summed E-state index contributed by atoms with van der Waals surface area (Å²) >= 11 is 0. The molecule has 0 radical (unpaired) electrons. The van der Waals surface area contributed by atoms with Crippen LogP contribution in [-0.4, -0.2) is 54.2 Å². The molecule has 0 aromatic heterocycles. The van der Waals surface area contributed by atoms with E-state index in [-0.39, 0.29) is 12.0 Å². The third kappa shape index (κ3) is 6.85. The minimum atomic E-state index is -0.541. The van der Waals surface area contributed by atoms with Gasteiger partial charge in [0, 0.05) is 42.5 Å². The van der Waals surface area contributed by atoms with Gasteiger partial charge in [-0.25, -0.2) is 5.48 Å². The van der Waals surface area contributed by atoms with Crippen molar-refractivity contribution in [2.75, 3.05) is 26.2 Å². The van der Waals surface area contributed by atoms with E-state index in [1.807, 2.05) is 36.4 Å². The maximum absolute atomic E-state index is 13.0. The highest BCUT2D eigenvalue weighted by Gasteiger charge is 2.31. The lowest BCUT2D eigenvalue weighted by Crippen LogP contribution is -2.39. The fraction of sp³-hybridized carbons (Fsp3) is 0.375. The molecule has 2 amide bonds. The number of ether oxygens (including phenoxy) is 1. The van der Waals surface area contributed by atoms with E-state index in [1.165, 1.54) is 19.3 Å². The maximum atomic E-state index is 13.0. The number of rotatable bonds is 9. The van der Waals surface area contributed by atoms with Crippen molar-refractivity contribution in [3.63, 3.8) is 0 Å². The number of likely N-dealkylation sites (tertiary alicyclic amines) is 1. The first-order valence-corrected chi connectivity index (χ1v) is 14.0. The van der Waals surface area contributed by atoms with E-state index >= 15 is 0 Å². The molecule has 1 heterocycles. The van der Waals surface area contributed by atoms with Gasteiger partial charge in [-0.3, -0.25) is 14.8 Å². The summed E-state index contributed by atoms with van der Waals surface area (Å²) in [5.74, 6) is 0.832. The molecule has 39 heavy (non-hydrogen) atoms. The van der Waals surface area contributed by atoms with Crippen molar-refractivity contribution in [3.8, 4) is 5.75 Å². The first kappa shape index (κ1) is 26.9. The number of hydrogen-bond acceptors (Lipinski definition) is 5. The van der Waals surface area contributed by atoms with E-state index in [9.17, 15) is 9.59 Å². The van der Waals surface area contributed by atoms with Crippen LogP contribution in [0.4, 0.5) is 0 Å². The second-order valence-corrected chi connectivity index (χ2v) is 10.6. The summed E-state index contributed by atoms with van der Waals surface area (Å²) in [6.45, 7) is 2.59. The molecule has 1 atom stereocenters. The highest BCUT2D eigenvalue weighted by molar-refractivity contribution is 5.93. The van der Waals surface area contributed by atoms with Gasteiger partial charge in [-0.1, -0.05) is 73.9 Å². The van der Waals surface area contributed by atoms with E-state index in [2.05, 4.69) is 34.5 Å². The molecule has 1 unspecified atom stereocenters. The zero-order chi connectivity index (χ0) is 27.0. The van der Waals surface area contributed by atoms with Gasteiger partial charge >= 0.3 is 0 Å². The van der Waals surface area contributed by atoms with Gasteiger partial charge in [-0.05, 0) is 54.0 Å². The Labute approximate surface area is 229 Å². The number of amides is 2. The van der Waals surface area contributed by atoms with E-state index in [0.717, 1.165) is 60.0 Å². The van der Waals surface area contributed by atoms with Crippen molar-refractivity contribution in [1.82, 2.24) is 15.7 Å². The fourth-order valence-corrected chi connectivity index (χ4v) is 5.68. The minimum Gasteiger partial charge on any atom is -0.489 e. The fourth-order valence-electron chi connectivity index (χ4n) is 5.68. The Hall–Kier alpha value is -3.68. The summed E-state index contributed by atoms with van der Waals surface area (Å²) in [6.07, 6.45) is 8.67. The van der Waals surface area contributed by atoms with Gasteiger partial charge in [0.1, 0.15) is 12.4 Å². The molecule has 0 spiro atoms. The van der Waals surface area contributed by atoms with Crippen LogP contribution in [-0.2, 0) is 4.79 Å². The maximum Gasteiger partial charge on any atom is 0.274 e. The molecule has 3 aromatic rings. The third-order valence-electron chi connectivity index (χ3n) is 7.88. The molecule has 0 bridgehead atoms. The molecule has 7 heteroatoms. The largest absolute Gasteiger partial charge is 0.489 e. The van der Waals surface area contributed by atoms with E-state index in [1.54, 1.807) is 17.6 Å². The molecular weight excluding hydrogens is 490 g/mol. The number of benzene rings is 3. The van der Waals surface area contributed by atoms with Crippen LogP contribution in [0.1, 0.15) is 54.4 Å². The van der Waals surface area contributed by atoms with Crippen LogP contribution in [0.5, 0.6) is 5.75 Å². The van der Waals surface area contributed by atoms with Crippen LogP contribution < -0.4 is 15.5 Å². The molecule has 2 aliphatic rings. The standard InChI is InChI=1S/C32H37N3O4/c36-31(34-38)26-15-13-23(14-16-26)19-24(22-39-30-12-6-10-25-7-4-5-11-29(25)30)20-33-28-17-18-35(21-28)32(37)27-8-2-1-3-9-27/h4-7,10-16,19,27-28,33,38H,1-3,8-9,17-18,20-22H2,(H,34,36). The van der Waals surface area contributed by atoms with Gasteiger partial charge in [0.05, 0.1) is 0 Å². The Balaban J connectivity index is 1.26. The highest BCUT2D eigenvalue weighted by atomic mass is 16.5. The van der Waals surface area contributed by atoms with Crippen LogP contribution in [0, 0.1) is 5.92 Å². The zero-order valence-corrected chi connectivity index (χ0v) is 22.3. The van der Waals surface area contributed by atoms with Gasteiger partial charge < -0.3 is 15.0 Å². The molecule has 3 aromatic carbocycles. The molecule has 7 nitrogen and oxygen atoms in total. The van der Waals surface area contributed by atoms with Gasteiger partial charge in [-0.2, -0.15) is 0 Å². The average molecular weight is 528 g/mol. The summed E-state index contributed by atoms with van der Waals surface area (Å²) in [4.78, 5) is 26.8. The van der Waals surface area contributed by atoms with Crippen LogP contribution in [0.15, 0.2) is 72.3 Å². The smallest absolute Gasteiger partial charge is 0.274 e. The molecule has 5 rings (SSSR count).